The molecule has 0 radical (unpaired) electrons. The van der Waals surface area contributed by atoms with Gasteiger partial charge in [0.1, 0.15) is 0 Å². The van der Waals surface area contributed by atoms with Gasteiger partial charge in [0.15, 0.2) is 0 Å². The number of aromatic nitrogens is 1. The summed E-state index contributed by atoms with van der Waals surface area (Å²) in [6.45, 7) is 6.72. The Kier molecular flexibility index (Phi) is 4.37. The fourth-order valence-corrected chi connectivity index (χ4v) is 4.60. The van der Waals surface area contributed by atoms with E-state index in [-0.39, 0.29) is 5.92 Å². The van der Waals surface area contributed by atoms with Crippen LogP contribution >= 0.6 is 11.3 Å². The van der Waals surface area contributed by atoms with E-state index in [1.807, 2.05) is 23.7 Å². The molecule has 3 heterocycles. The van der Waals surface area contributed by atoms with E-state index in [9.17, 15) is 4.79 Å². The average Bonchev–Trinajstić information content (AvgIpc) is 3.30. The highest BCUT2D eigenvalue weighted by atomic mass is 32.1. The lowest BCUT2D eigenvalue weighted by Gasteiger charge is -2.35. The topological polar surface area (TPSA) is 36.4 Å². The molecular weight excluding hydrogens is 318 g/mol. The molecule has 2 aliphatic rings. The normalized spacial score (nSPS) is 24.1. The zero-order valence-electron chi connectivity index (χ0n) is 14.0. The Morgan fingerprint density at radius 1 is 1.17 bits per heavy atom. The van der Waals surface area contributed by atoms with Gasteiger partial charge in [0.2, 0.25) is 5.91 Å². The summed E-state index contributed by atoms with van der Waals surface area (Å²) in [6, 6.07) is 8.49. The Labute approximate surface area is 147 Å². The molecule has 2 aromatic rings. The van der Waals surface area contributed by atoms with Crippen molar-refractivity contribution in [2.24, 2.45) is 5.92 Å². The van der Waals surface area contributed by atoms with E-state index >= 15 is 0 Å². The van der Waals surface area contributed by atoms with Crippen LogP contribution in [0, 0.1) is 12.8 Å². The Morgan fingerprint density at radius 2 is 1.92 bits per heavy atom. The van der Waals surface area contributed by atoms with E-state index in [0.717, 1.165) is 39.1 Å². The Morgan fingerprint density at radius 3 is 2.58 bits per heavy atom. The van der Waals surface area contributed by atoms with Crippen molar-refractivity contribution in [1.82, 2.24) is 14.8 Å². The molecule has 2 aromatic heterocycles. The fourth-order valence-electron chi connectivity index (χ4n) is 3.54. The van der Waals surface area contributed by atoms with E-state index in [1.54, 1.807) is 0 Å². The summed E-state index contributed by atoms with van der Waals surface area (Å²) in [4.78, 5) is 24.0. The van der Waals surface area contributed by atoms with Crippen LogP contribution in [0.5, 0.6) is 0 Å². The minimum Gasteiger partial charge on any atom is -0.340 e. The van der Waals surface area contributed by atoms with Gasteiger partial charge in [0.25, 0.3) is 0 Å². The van der Waals surface area contributed by atoms with E-state index in [1.165, 1.54) is 15.3 Å². The predicted molar refractivity (Wildman–Crippen MR) is 96.0 cm³/mol. The lowest BCUT2D eigenvalue weighted by Crippen LogP contribution is -2.48. The van der Waals surface area contributed by atoms with Crippen molar-refractivity contribution in [2.45, 2.75) is 25.8 Å². The third-order valence-corrected chi connectivity index (χ3v) is 6.21. The van der Waals surface area contributed by atoms with Crippen molar-refractivity contribution in [1.29, 1.82) is 0 Å². The summed E-state index contributed by atoms with van der Waals surface area (Å²) < 4.78 is 0. The average molecular weight is 341 g/mol. The third kappa shape index (κ3) is 3.37. The number of aryl methyl sites for hydroxylation is 1. The standard InChI is InChI=1S/C19H23N3OS/c1-14-2-3-18(24-14)16-12-17(16)19(23)22-10-8-21(9-11-22)13-15-4-6-20-7-5-15/h2-7,16-17H,8-13H2,1H3. The number of piperazine rings is 1. The number of rotatable bonds is 4. The zero-order valence-corrected chi connectivity index (χ0v) is 14.8. The van der Waals surface area contributed by atoms with Crippen LogP contribution in [-0.2, 0) is 11.3 Å². The number of hydrogen-bond acceptors (Lipinski definition) is 4. The number of carbonyl (C=O) groups excluding carboxylic acids is 1. The van der Waals surface area contributed by atoms with E-state index in [4.69, 9.17) is 0 Å². The Balaban J connectivity index is 1.28. The number of carbonyl (C=O) groups is 1. The molecule has 24 heavy (non-hydrogen) atoms. The zero-order chi connectivity index (χ0) is 16.5. The molecule has 2 unspecified atom stereocenters. The molecule has 1 amide bonds. The minimum atomic E-state index is 0.231. The first-order valence-electron chi connectivity index (χ1n) is 8.67. The molecular formula is C19H23N3OS. The number of hydrogen-bond donors (Lipinski definition) is 0. The van der Waals surface area contributed by atoms with E-state index in [2.05, 4.69) is 46.0 Å². The molecule has 0 spiro atoms. The van der Waals surface area contributed by atoms with Crippen molar-refractivity contribution >= 4 is 17.2 Å². The first-order valence-corrected chi connectivity index (χ1v) is 9.49. The summed E-state index contributed by atoms with van der Waals surface area (Å²) in [5, 5.41) is 0. The summed E-state index contributed by atoms with van der Waals surface area (Å²) in [5.41, 5.74) is 1.29. The highest BCUT2D eigenvalue weighted by Gasteiger charge is 2.46. The molecule has 1 saturated carbocycles. The van der Waals surface area contributed by atoms with Gasteiger partial charge in [-0.05, 0) is 43.2 Å². The monoisotopic (exact) mass is 341 g/mol. The highest BCUT2D eigenvalue weighted by molar-refractivity contribution is 7.12. The van der Waals surface area contributed by atoms with Crippen molar-refractivity contribution in [3.05, 3.63) is 52.0 Å². The largest absolute Gasteiger partial charge is 0.340 e. The van der Waals surface area contributed by atoms with Crippen LogP contribution in [0.2, 0.25) is 0 Å². The quantitative estimate of drug-likeness (QED) is 0.858. The molecule has 1 aliphatic carbocycles. The van der Waals surface area contributed by atoms with Crippen LogP contribution in [0.3, 0.4) is 0 Å². The van der Waals surface area contributed by atoms with Gasteiger partial charge in [0, 0.05) is 66.7 Å². The number of pyridine rings is 1. The lowest BCUT2D eigenvalue weighted by molar-refractivity contribution is -0.134. The molecule has 1 saturated heterocycles. The van der Waals surface area contributed by atoms with Crippen molar-refractivity contribution < 1.29 is 4.79 Å². The predicted octanol–water partition coefficient (Wildman–Crippen LogP) is 2.90. The molecule has 4 rings (SSSR count). The summed E-state index contributed by atoms with van der Waals surface area (Å²) in [6.07, 6.45) is 4.72. The molecule has 5 heteroatoms. The van der Waals surface area contributed by atoms with Gasteiger partial charge in [-0.25, -0.2) is 0 Å². The maximum Gasteiger partial charge on any atom is 0.226 e. The van der Waals surface area contributed by atoms with Gasteiger partial charge in [-0.15, -0.1) is 11.3 Å². The molecule has 2 fully saturated rings. The molecule has 0 N–H and O–H groups in total. The van der Waals surface area contributed by atoms with Crippen molar-refractivity contribution in [3.8, 4) is 0 Å². The second-order valence-electron chi connectivity index (χ2n) is 6.85. The second kappa shape index (κ2) is 6.65. The van der Waals surface area contributed by atoms with Crippen LogP contribution in [-0.4, -0.2) is 46.9 Å². The van der Waals surface area contributed by atoms with Crippen molar-refractivity contribution in [3.63, 3.8) is 0 Å². The summed E-state index contributed by atoms with van der Waals surface area (Å²) in [7, 11) is 0. The van der Waals surface area contributed by atoms with Gasteiger partial charge < -0.3 is 4.90 Å². The Bertz CT molecular complexity index is 706. The third-order valence-electron chi connectivity index (χ3n) is 5.07. The van der Waals surface area contributed by atoms with Crippen LogP contribution in [0.25, 0.3) is 0 Å². The minimum absolute atomic E-state index is 0.231. The summed E-state index contributed by atoms with van der Waals surface area (Å²) in [5.74, 6) is 1.08. The van der Waals surface area contributed by atoms with Crippen LogP contribution in [0.1, 0.15) is 27.7 Å². The molecule has 0 bridgehead atoms. The molecule has 2 atom stereocenters. The van der Waals surface area contributed by atoms with E-state index < -0.39 is 0 Å². The van der Waals surface area contributed by atoms with Crippen molar-refractivity contribution in [2.75, 3.05) is 26.2 Å². The Hall–Kier alpha value is -1.72. The second-order valence-corrected chi connectivity index (χ2v) is 8.17. The van der Waals surface area contributed by atoms with Crippen LogP contribution in [0.15, 0.2) is 36.7 Å². The van der Waals surface area contributed by atoms with Gasteiger partial charge >= 0.3 is 0 Å². The van der Waals surface area contributed by atoms with Crippen LogP contribution in [0.4, 0.5) is 0 Å². The van der Waals surface area contributed by atoms with E-state index in [0.29, 0.717) is 11.8 Å². The molecule has 1 aliphatic heterocycles. The highest BCUT2D eigenvalue weighted by Crippen LogP contribution is 2.50. The fraction of sp³-hybridized carbons (Fsp3) is 0.474. The molecule has 4 nitrogen and oxygen atoms in total. The molecule has 126 valence electrons. The van der Waals surface area contributed by atoms with Crippen LogP contribution < -0.4 is 0 Å². The maximum absolute atomic E-state index is 12.7. The van der Waals surface area contributed by atoms with Gasteiger partial charge in [-0.2, -0.15) is 0 Å². The number of nitrogens with zero attached hydrogens (tertiary/aromatic N) is 3. The number of thiophene rings is 1. The van der Waals surface area contributed by atoms with Gasteiger partial charge in [-0.1, -0.05) is 0 Å². The smallest absolute Gasteiger partial charge is 0.226 e. The maximum atomic E-state index is 12.7. The number of amides is 1. The van der Waals surface area contributed by atoms with Gasteiger partial charge in [0.05, 0.1) is 0 Å². The SMILES string of the molecule is Cc1ccc(C2CC2C(=O)N2CCN(Cc3ccncc3)CC2)s1. The first-order chi connectivity index (χ1) is 11.7. The summed E-state index contributed by atoms with van der Waals surface area (Å²) >= 11 is 1.84. The molecule has 0 aromatic carbocycles. The lowest BCUT2D eigenvalue weighted by atomic mass is 10.2. The van der Waals surface area contributed by atoms with Gasteiger partial charge in [-0.3, -0.25) is 14.7 Å². The first kappa shape index (κ1) is 15.8.